The SMILES string of the molecule is O=C1c2ccccc2CS(=O)(=O)N1Cc1ccc(SC(F)F)cc1. The van der Waals surface area contributed by atoms with Crippen molar-refractivity contribution in [3.05, 3.63) is 65.2 Å². The van der Waals surface area contributed by atoms with E-state index in [2.05, 4.69) is 0 Å². The molecule has 0 N–H and O–H groups in total. The largest absolute Gasteiger partial charge is 0.288 e. The van der Waals surface area contributed by atoms with Crippen LogP contribution in [0, 0.1) is 0 Å². The Morgan fingerprint density at radius 1 is 1.08 bits per heavy atom. The molecule has 0 aliphatic carbocycles. The average Bonchev–Trinajstić information content (AvgIpc) is 2.52. The minimum Gasteiger partial charge on any atom is -0.268 e. The monoisotopic (exact) mass is 369 g/mol. The minimum atomic E-state index is -3.75. The molecule has 2 aromatic carbocycles. The van der Waals surface area contributed by atoms with Gasteiger partial charge in [-0.05, 0) is 29.3 Å². The number of nitrogens with zero attached hydrogens (tertiary/aromatic N) is 1. The Morgan fingerprint density at radius 3 is 2.42 bits per heavy atom. The Bertz CT molecular complexity index is 867. The number of rotatable bonds is 4. The van der Waals surface area contributed by atoms with Crippen LogP contribution in [0.1, 0.15) is 21.5 Å². The zero-order valence-electron chi connectivity index (χ0n) is 12.4. The molecule has 0 fully saturated rings. The molecule has 0 bridgehead atoms. The number of carbonyl (C=O) groups excluding carboxylic acids is 1. The van der Waals surface area contributed by atoms with Crippen molar-refractivity contribution >= 4 is 27.7 Å². The summed E-state index contributed by atoms with van der Waals surface area (Å²) >= 11 is 0.412. The van der Waals surface area contributed by atoms with Gasteiger partial charge in [0.15, 0.2) is 0 Å². The number of amides is 1. The number of halogens is 2. The van der Waals surface area contributed by atoms with Crippen LogP contribution in [-0.2, 0) is 22.3 Å². The molecular formula is C16H13F2NO3S2. The van der Waals surface area contributed by atoms with E-state index in [1.807, 2.05) is 0 Å². The molecule has 4 nitrogen and oxygen atoms in total. The molecule has 0 saturated heterocycles. The Morgan fingerprint density at radius 2 is 1.75 bits per heavy atom. The lowest BCUT2D eigenvalue weighted by molar-refractivity contribution is 0.0849. The third kappa shape index (κ3) is 3.44. The molecule has 0 unspecified atom stereocenters. The molecule has 2 aromatic rings. The number of carbonyl (C=O) groups is 1. The van der Waals surface area contributed by atoms with Gasteiger partial charge in [-0.15, -0.1) is 0 Å². The molecule has 1 aliphatic heterocycles. The summed E-state index contributed by atoms with van der Waals surface area (Å²) in [6, 6.07) is 12.7. The van der Waals surface area contributed by atoms with Crippen molar-refractivity contribution in [2.45, 2.75) is 23.0 Å². The standard InChI is InChI=1S/C16H13F2NO3S2/c17-16(18)23-13-7-5-11(6-8-13)9-19-15(20)14-4-2-1-3-12(14)10-24(19,21)22/h1-8,16H,9-10H2. The first kappa shape index (κ1) is 16.9. The highest BCUT2D eigenvalue weighted by Crippen LogP contribution is 2.28. The van der Waals surface area contributed by atoms with E-state index in [4.69, 9.17) is 0 Å². The summed E-state index contributed by atoms with van der Waals surface area (Å²) in [5.74, 6) is -3.31. The second-order valence-corrected chi connectivity index (χ2v) is 8.20. The number of thioether (sulfide) groups is 1. The summed E-state index contributed by atoms with van der Waals surface area (Å²) in [7, 11) is -3.75. The summed E-state index contributed by atoms with van der Waals surface area (Å²) in [5.41, 5.74) is 1.42. The zero-order valence-corrected chi connectivity index (χ0v) is 14.0. The van der Waals surface area contributed by atoms with Gasteiger partial charge in [0.05, 0.1) is 12.3 Å². The highest BCUT2D eigenvalue weighted by Gasteiger charge is 2.35. The molecule has 24 heavy (non-hydrogen) atoms. The van der Waals surface area contributed by atoms with Crippen molar-refractivity contribution in [3.63, 3.8) is 0 Å². The van der Waals surface area contributed by atoms with Crippen LogP contribution in [0.4, 0.5) is 8.78 Å². The van der Waals surface area contributed by atoms with Crippen molar-refractivity contribution in [1.82, 2.24) is 4.31 Å². The highest BCUT2D eigenvalue weighted by molar-refractivity contribution is 7.99. The smallest absolute Gasteiger partial charge is 0.268 e. The lowest BCUT2D eigenvalue weighted by Crippen LogP contribution is -2.41. The first-order valence-electron chi connectivity index (χ1n) is 7.03. The average molecular weight is 369 g/mol. The van der Waals surface area contributed by atoms with Crippen molar-refractivity contribution in [2.75, 3.05) is 0 Å². The third-order valence-corrected chi connectivity index (χ3v) is 5.99. The molecule has 3 rings (SSSR count). The van der Waals surface area contributed by atoms with Crippen LogP contribution in [0.3, 0.4) is 0 Å². The van der Waals surface area contributed by atoms with Gasteiger partial charge >= 0.3 is 0 Å². The molecule has 126 valence electrons. The Labute approximate surface area is 142 Å². The quantitative estimate of drug-likeness (QED) is 0.774. The summed E-state index contributed by atoms with van der Waals surface area (Å²) in [6.07, 6.45) is 0. The summed E-state index contributed by atoms with van der Waals surface area (Å²) < 4.78 is 50.2. The molecule has 0 radical (unpaired) electrons. The van der Waals surface area contributed by atoms with Crippen molar-refractivity contribution < 1.29 is 22.0 Å². The molecule has 1 amide bonds. The number of hydrogen-bond acceptors (Lipinski definition) is 4. The molecule has 0 saturated carbocycles. The Balaban J connectivity index is 1.85. The lowest BCUT2D eigenvalue weighted by Gasteiger charge is -2.28. The maximum Gasteiger partial charge on any atom is 0.288 e. The van der Waals surface area contributed by atoms with E-state index in [-0.39, 0.29) is 12.3 Å². The molecule has 1 heterocycles. The van der Waals surface area contributed by atoms with Gasteiger partial charge in [0.2, 0.25) is 10.0 Å². The third-order valence-electron chi connectivity index (χ3n) is 3.62. The van der Waals surface area contributed by atoms with E-state index in [1.54, 1.807) is 36.4 Å². The number of fused-ring (bicyclic) bond motifs is 1. The minimum absolute atomic E-state index is 0.116. The van der Waals surface area contributed by atoms with Crippen LogP contribution in [0.15, 0.2) is 53.4 Å². The van der Waals surface area contributed by atoms with Gasteiger partial charge in [-0.25, -0.2) is 12.7 Å². The number of benzene rings is 2. The number of sulfonamides is 1. The molecular weight excluding hydrogens is 356 g/mol. The number of hydrogen-bond donors (Lipinski definition) is 0. The van der Waals surface area contributed by atoms with Crippen LogP contribution in [0.2, 0.25) is 0 Å². The van der Waals surface area contributed by atoms with Gasteiger partial charge in [-0.1, -0.05) is 42.1 Å². The van der Waals surface area contributed by atoms with E-state index in [9.17, 15) is 22.0 Å². The summed E-state index contributed by atoms with van der Waals surface area (Å²) in [4.78, 5) is 12.9. The first-order valence-corrected chi connectivity index (χ1v) is 9.52. The van der Waals surface area contributed by atoms with Gasteiger partial charge in [0.1, 0.15) is 0 Å². The van der Waals surface area contributed by atoms with Crippen LogP contribution in [-0.4, -0.2) is 24.4 Å². The van der Waals surface area contributed by atoms with Crippen LogP contribution in [0.5, 0.6) is 0 Å². The van der Waals surface area contributed by atoms with Crippen LogP contribution in [0.25, 0.3) is 0 Å². The fourth-order valence-electron chi connectivity index (χ4n) is 2.50. The predicted molar refractivity (Wildman–Crippen MR) is 87.2 cm³/mol. The van der Waals surface area contributed by atoms with Crippen molar-refractivity contribution in [1.29, 1.82) is 0 Å². The van der Waals surface area contributed by atoms with Crippen molar-refractivity contribution in [3.8, 4) is 0 Å². The van der Waals surface area contributed by atoms with E-state index in [0.717, 1.165) is 4.31 Å². The normalized spacial score (nSPS) is 16.3. The van der Waals surface area contributed by atoms with Gasteiger partial charge in [-0.2, -0.15) is 8.78 Å². The summed E-state index contributed by atoms with van der Waals surface area (Å²) in [5, 5.41) is 0. The second kappa shape index (κ2) is 6.52. The number of alkyl halides is 2. The molecule has 0 aromatic heterocycles. The van der Waals surface area contributed by atoms with Crippen LogP contribution < -0.4 is 0 Å². The maximum absolute atomic E-state index is 12.5. The van der Waals surface area contributed by atoms with E-state index in [1.165, 1.54) is 12.1 Å². The first-order chi connectivity index (χ1) is 11.4. The van der Waals surface area contributed by atoms with Gasteiger partial charge < -0.3 is 0 Å². The predicted octanol–water partition coefficient (Wildman–Crippen LogP) is 3.49. The van der Waals surface area contributed by atoms with Crippen molar-refractivity contribution in [2.24, 2.45) is 0 Å². The second-order valence-electron chi connectivity index (χ2n) is 5.25. The van der Waals surface area contributed by atoms with Gasteiger partial charge in [-0.3, -0.25) is 4.79 Å². The zero-order chi connectivity index (χ0) is 17.3. The highest BCUT2D eigenvalue weighted by atomic mass is 32.2. The topological polar surface area (TPSA) is 54.5 Å². The summed E-state index contributed by atoms with van der Waals surface area (Å²) in [6.45, 7) is -0.116. The fraction of sp³-hybridized carbons (Fsp3) is 0.188. The van der Waals surface area contributed by atoms with Gasteiger partial charge in [0, 0.05) is 10.5 Å². The lowest BCUT2D eigenvalue weighted by atomic mass is 10.1. The Kier molecular flexibility index (Phi) is 4.60. The molecule has 8 heteroatoms. The fourth-order valence-corrected chi connectivity index (χ4v) is 4.50. The van der Waals surface area contributed by atoms with E-state index in [0.29, 0.717) is 33.3 Å². The van der Waals surface area contributed by atoms with Gasteiger partial charge in [0.25, 0.3) is 11.7 Å². The van der Waals surface area contributed by atoms with E-state index < -0.39 is 21.7 Å². The molecule has 1 aliphatic rings. The molecule has 0 atom stereocenters. The van der Waals surface area contributed by atoms with E-state index >= 15 is 0 Å². The van der Waals surface area contributed by atoms with Crippen LogP contribution >= 0.6 is 11.8 Å². The molecule has 0 spiro atoms. The maximum atomic E-state index is 12.5. The Hall–Kier alpha value is -1.93.